The number of carbonyl (C=O) groups is 3. The molecule has 3 saturated carbocycles. The fourth-order valence-corrected chi connectivity index (χ4v) is 4.75. The highest BCUT2D eigenvalue weighted by Crippen LogP contribution is 2.69. The van der Waals surface area contributed by atoms with Gasteiger partial charge in [0.05, 0.1) is 5.02 Å². The number of pyridine rings is 1. The Morgan fingerprint density at radius 1 is 1.19 bits per heavy atom. The monoisotopic (exact) mass is 445 g/mol. The summed E-state index contributed by atoms with van der Waals surface area (Å²) >= 11 is 5.62. The largest absolute Gasteiger partial charge is 0.484 e. The number of Topliss-reactive ketones (excluding diaryl/α,β-unsaturated/α-hetero) is 1. The highest BCUT2D eigenvalue weighted by molar-refractivity contribution is 6.30. The summed E-state index contributed by atoms with van der Waals surface area (Å²) in [6.45, 7) is 1.15. The predicted molar refractivity (Wildman–Crippen MR) is 112 cm³/mol. The van der Waals surface area contributed by atoms with Crippen LogP contribution in [0.15, 0.2) is 36.4 Å². The third-order valence-electron chi connectivity index (χ3n) is 5.68. The van der Waals surface area contributed by atoms with Crippen LogP contribution >= 0.6 is 11.6 Å². The quantitative estimate of drug-likeness (QED) is 0.606. The van der Waals surface area contributed by atoms with Gasteiger partial charge in [-0.05, 0) is 48.9 Å². The van der Waals surface area contributed by atoms with Gasteiger partial charge in [0.2, 0.25) is 5.91 Å². The van der Waals surface area contributed by atoms with Gasteiger partial charge in [0.25, 0.3) is 5.91 Å². The highest BCUT2D eigenvalue weighted by atomic mass is 35.5. The van der Waals surface area contributed by atoms with Crippen molar-refractivity contribution in [2.24, 2.45) is 5.41 Å². The third kappa shape index (κ3) is 4.54. The van der Waals surface area contributed by atoms with Crippen LogP contribution in [0.1, 0.15) is 43.1 Å². The van der Waals surface area contributed by atoms with Crippen molar-refractivity contribution >= 4 is 35.0 Å². The second-order valence-corrected chi connectivity index (χ2v) is 8.82. The van der Waals surface area contributed by atoms with Crippen LogP contribution < -0.4 is 15.4 Å². The Hall–Kier alpha value is -3.00. The maximum absolute atomic E-state index is 13.4. The molecule has 0 atom stereocenters. The lowest BCUT2D eigenvalue weighted by Gasteiger charge is -2.70. The number of ketones is 1. The van der Waals surface area contributed by atoms with E-state index in [-0.39, 0.29) is 45.9 Å². The molecule has 1 aromatic carbocycles. The van der Waals surface area contributed by atoms with E-state index in [4.69, 9.17) is 16.3 Å². The molecule has 5 rings (SSSR count). The van der Waals surface area contributed by atoms with Gasteiger partial charge in [0.1, 0.15) is 23.1 Å². The fraction of sp³-hybridized carbons (Fsp3) is 0.364. The molecule has 3 aliphatic rings. The average Bonchev–Trinajstić information content (AvgIpc) is 2.66. The Balaban J connectivity index is 1.25. The number of nitrogens with one attached hydrogen (secondary N) is 2. The molecule has 2 bridgehead atoms. The van der Waals surface area contributed by atoms with Gasteiger partial charge in [-0.1, -0.05) is 17.7 Å². The molecule has 2 amide bonds. The summed E-state index contributed by atoms with van der Waals surface area (Å²) in [7, 11) is 0. The Morgan fingerprint density at radius 3 is 2.61 bits per heavy atom. The molecule has 3 aliphatic carbocycles. The van der Waals surface area contributed by atoms with Gasteiger partial charge in [0.15, 0.2) is 12.4 Å². The number of ether oxygens (including phenoxy) is 1. The van der Waals surface area contributed by atoms with Crippen LogP contribution in [0.4, 0.5) is 10.2 Å². The first-order chi connectivity index (χ1) is 14.7. The summed E-state index contributed by atoms with van der Waals surface area (Å²) in [5, 5.41) is 5.52. The van der Waals surface area contributed by atoms with Gasteiger partial charge < -0.3 is 15.4 Å². The first kappa shape index (κ1) is 21.2. The van der Waals surface area contributed by atoms with E-state index >= 15 is 0 Å². The average molecular weight is 446 g/mol. The molecule has 162 valence electrons. The first-order valence-corrected chi connectivity index (χ1v) is 10.2. The second kappa shape index (κ2) is 7.92. The lowest BCUT2D eigenvalue weighted by Crippen LogP contribution is -2.75. The Morgan fingerprint density at radius 2 is 1.94 bits per heavy atom. The number of carbonyl (C=O) groups excluding carboxylic acids is 3. The molecule has 0 spiro atoms. The molecule has 0 unspecified atom stereocenters. The number of benzene rings is 1. The number of halogens is 2. The van der Waals surface area contributed by atoms with E-state index in [0.29, 0.717) is 17.9 Å². The van der Waals surface area contributed by atoms with Crippen molar-refractivity contribution in [3.8, 4) is 5.75 Å². The van der Waals surface area contributed by atoms with Crippen molar-refractivity contribution in [3.05, 3.63) is 52.9 Å². The van der Waals surface area contributed by atoms with Crippen LogP contribution in [-0.2, 0) is 9.59 Å². The topological polar surface area (TPSA) is 97.4 Å². The van der Waals surface area contributed by atoms with Crippen LogP contribution in [0.25, 0.3) is 0 Å². The summed E-state index contributed by atoms with van der Waals surface area (Å²) < 4.78 is 18.7. The van der Waals surface area contributed by atoms with Gasteiger partial charge in [-0.15, -0.1) is 0 Å². The van der Waals surface area contributed by atoms with E-state index in [1.807, 2.05) is 0 Å². The molecule has 9 heteroatoms. The molecule has 2 aromatic rings. The summed E-state index contributed by atoms with van der Waals surface area (Å²) in [6.07, 6.45) is 2.51. The Kier molecular flexibility index (Phi) is 5.43. The smallest absolute Gasteiger partial charge is 0.258 e. The summed E-state index contributed by atoms with van der Waals surface area (Å²) in [6, 6.07) is 8.94. The minimum absolute atomic E-state index is 0.0115. The maximum Gasteiger partial charge on any atom is 0.258 e. The predicted octanol–water partition coefficient (Wildman–Crippen LogP) is 3.52. The summed E-state index contributed by atoms with van der Waals surface area (Å²) in [5.41, 5.74) is -0.0918. The number of aromatic nitrogens is 1. The fourth-order valence-electron chi connectivity index (χ4n) is 4.64. The molecular weight excluding hydrogens is 425 g/mol. The van der Waals surface area contributed by atoms with E-state index in [0.717, 1.165) is 25.3 Å². The van der Waals surface area contributed by atoms with Crippen molar-refractivity contribution < 1.29 is 23.5 Å². The van der Waals surface area contributed by atoms with Gasteiger partial charge in [0, 0.05) is 24.9 Å². The Bertz CT molecular complexity index is 1050. The molecule has 0 saturated heterocycles. The number of rotatable bonds is 8. The van der Waals surface area contributed by atoms with Crippen LogP contribution in [0.3, 0.4) is 0 Å². The second-order valence-electron chi connectivity index (χ2n) is 8.41. The van der Waals surface area contributed by atoms with Crippen LogP contribution in [0, 0.1) is 11.2 Å². The third-order valence-corrected chi connectivity index (χ3v) is 5.99. The van der Waals surface area contributed by atoms with Crippen molar-refractivity contribution in [1.29, 1.82) is 0 Å². The Labute approximate surface area is 183 Å². The number of hydrogen-bond acceptors (Lipinski definition) is 5. The van der Waals surface area contributed by atoms with Crippen molar-refractivity contribution in [2.75, 3.05) is 11.9 Å². The summed E-state index contributed by atoms with van der Waals surface area (Å²) in [5.74, 6) is -0.660. The standard InChI is InChI=1S/C22H21ClFN3O4/c1-13(28)25-19-4-2-3-17(26-19)18(29)8-21-10-22(11-21,12-21)27-20(30)9-31-14-5-6-15(23)16(24)7-14/h2-7H,8-12H2,1H3,(H,27,30)(H,25,26,28). The van der Waals surface area contributed by atoms with Crippen LogP contribution in [-0.4, -0.2) is 34.7 Å². The molecule has 2 N–H and O–H groups in total. The van der Waals surface area contributed by atoms with E-state index in [9.17, 15) is 18.8 Å². The van der Waals surface area contributed by atoms with E-state index in [1.165, 1.54) is 19.1 Å². The molecule has 1 aromatic heterocycles. The van der Waals surface area contributed by atoms with Gasteiger partial charge >= 0.3 is 0 Å². The van der Waals surface area contributed by atoms with E-state index in [2.05, 4.69) is 15.6 Å². The normalized spacial score (nSPS) is 23.2. The number of anilines is 1. The minimum atomic E-state index is -0.609. The zero-order valence-corrected chi connectivity index (χ0v) is 17.6. The molecule has 3 fully saturated rings. The van der Waals surface area contributed by atoms with Gasteiger partial charge in [-0.3, -0.25) is 14.4 Å². The van der Waals surface area contributed by atoms with Crippen molar-refractivity contribution in [2.45, 2.75) is 38.1 Å². The lowest BCUT2D eigenvalue weighted by atomic mass is 9.38. The molecule has 7 nitrogen and oxygen atoms in total. The van der Waals surface area contributed by atoms with Crippen molar-refractivity contribution in [1.82, 2.24) is 10.3 Å². The molecule has 0 radical (unpaired) electrons. The van der Waals surface area contributed by atoms with Crippen LogP contribution in [0.5, 0.6) is 5.75 Å². The van der Waals surface area contributed by atoms with Crippen molar-refractivity contribution in [3.63, 3.8) is 0 Å². The summed E-state index contributed by atoms with van der Waals surface area (Å²) in [4.78, 5) is 40.2. The molecular formula is C22H21ClFN3O4. The highest BCUT2D eigenvalue weighted by Gasteiger charge is 2.68. The van der Waals surface area contributed by atoms with Gasteiger partial charge in [-0.2, -0.15) is 0 Å². The van der Waals surface area contributed by atoms with E-state index < -0.39 is 5.82 Å². The van der Waals surface area contributed by atoms with E-state index in [1.54, 1.807) is 18.2 Å². The number of amides is 2. The van der Waals surface area contributed by atoms with Crippen LogP contribution in [0.2, 0.25) is 5.02 Å². The number of nitrogens with zero attached hydrogens (tertiary/aromatic N) is 1. The number of hydrogen-bond donors (Lipinski definition) is 2. The minimum Gasteiger partial charge on any atom is -0.484 e. The lowest BCUT2D eigenvalue weighted by molar-refractivity contribution is -0.164. The zero-order valence-electron chi connectivity index (χ0n) is 16.8. The molecule has 31 heavy (non-hydrogen) atoms. The maximum atomic E-state index is 13.4. The molecule has 0 aliphatic heterocycles. The zero-order chi connectivity index (χ0) is 22.2. The van der Waals surface area contributed by atoms with Gasteiger partial charge in [-0.25, -0.2) is 9.37 Å². The SMILES string of the molecule is CC(=O)Nc1cccc(C(=O)CC23CC(NC(=O)COc4ccc(Cl)c(F)c4)(C2)C3)n1. The molecule has 1 heterocycles. The first-order valence-electron chi connectivity index (χ1n) is 9.84.